The van der Waals surface area contributed by atoms with Crippen LogP contribution in [0.1, 0.15) is 38.8 Å². The van der Waals surface area contributed by atoms with E-state index in [1.54, 1.807) is 0 Å². The summed E-state index contributed by atoms with van der Waals surface area (Å²) in [6.07, 6.45) is 6.92. The molecule has 2 aromatic rings. The Morgan fingerprint density at radius 1 is 0.815 bits per heavy atom. The highest BCUT2D eigenvalue weighted by Gasteiger charge is 2.41. The SMILES string of the molecule is CN1C(=CC=CC2N(C)c3ccccc3C2(C)C)C(C)(C)c2ccccc21. The van der Waals surface area contributed by atoms with E-state index in [9.17, 15) is 0 Å². The van der Waals surface area contributed by atoms with Crippen LogP contribution in [-0.4, -0.2) is 20.1 Å². The lowest BCUT2D eigenvalue weighted by Gasteiger charge is -2.29. The van der Waals surface area contributed by atoms with E-state index in [-0.39, 0.29) is 10.8 Å². The van der Waals surface area contributed by atoms with Crippen LogP contribution in [0.5, 0.6) is 0 Å². The fourth-order valence-corrected chi connectivity index (χ4v) is 5.04. The zero-order valence-corrected chi connectivity index (χ0v) is 17.3. The average Bonchev–Trinajstić information content (AvgIpc) is 2.96. The van der Waals surface area contributed by atoms with Crippen molar-refractivity contribution in [3.8, 4) is 0 Å². The number of hydrogen-bond donors (Lipinski definition) is 0. The Morgan fingerprint density at radius 2 is 1.41 bits per heavy atom. The van der Waals surface area contributed by atoms with Gasteiger partial charge in [-0.2, -0.15) is 0 Å². The van der Waals surface area contributed by atoms with Crippen molar-refractivity contribution in [1.82, 2.24) is 0 Å². The van der Waals surface area contributed by atoms with Gasteiger partial charge in [-0.3, -0.25) is 0 Å². The summed E-state index contributed by atoms with van der Waals surface area (Å²) in [6, 6.07) is 17.9. The van der Waals surface area contributed by atoms with E-state index in [4.69, 9.17) is 0 Å². The number of likely N-dealkylation sites (N-methyl/N-ethyl adjacent to an activating group) is 2. The molecule has 1 unspecified atom stereocenters. The van der Waals surface area contributed by atoms with Crippen LogP contribution in [0.2, 0.25) is 0 Å². The monoisotopic (exact) mass is 358 g/mol. The highest BCUT2D eigenvalue weighted by Crippen LogP contribution is 2.47. The molecule has 2 heteroatoms. The Hall–Kier alpha value is -2.48. The van der Waals surface area contributed by atoms with Gasteiger partial charge in [0.2, 0.25) is 0 Å². The maximum absolute atomic E-state index is 2.41. The largest absolute Gasteiger partial charge is 0.367 e. The lowest BCUT2D eigenvalue weighted by atomic mass is 9.80. The van der Waals surface area contributed by atoms with Crippen molar-refractivity contribution in [1.29, 1.82) is 0 Å². The highest BCUT2D eigenvalue weighted by atomic mass is 15.2. The van der Waals surface area contributed by atoms with Gasteiger partial charge in [0.25, 0.3) is 0 Å². The van der Waals surface area contributed by atoms with E-state index in [1.807, 2.05) is 0 Å². The fraction of sp³-hybridized carbons (Fsp3) is 0.360. The van der Waals surface area contributed by atoms with Crippen LogP contribution in [-0.2, 0) is 10.8 Å². The molecule has 0 bridgehead atoms. The van der Waals surface area contributed by atoms with Crippen LogP contribution in [0.4, 0.5) is 11.4 Å². The molecule has 27 heavy (non-hydrogen) atoms. The molecule has 2 nitrogen and oxygen atoms in total. The molecule has 0 aromatic heterocycles. The predicted octanol–water partition coefficient (Wildman–Crippen LogP) is 5.65. The second kappa shape index (κ2) is 6.02. The number of benzene rings is 2. The number of allylic oxidation sites excluding steroid dienone is 3. The summed E-state index contributed by atoms with van der Waals surface area (Å²) in [6.45, 7) is 9.32. The molecule has 0 spiro atoms. The van der Waals surface area contributed by atoms with E-state index < -0.39 is 0 Å². The number of anilines is 2. The lowest BCUT2D eigenvalue weighted by molar-refractivity contribution is 0.488. The topological polar surface area (TPSA) is 6.48 Å². The second-order valence-corrected chi connectivity index (χ2v) is 8.93. The first-order valence-corrected chi connectivity index (χ1v) is 9.81. The Bertz CT molecular complexity index is 933. The number of nitrogens with zero attached hydrogens (tertiary/aromatic N) is 2. The van der Waals surface area contributed by atoms with Crippen LogP contribution in [0.3, 0.4) is 0 Å². The Balaban J connectivity index is 1.65. The molecule has 0 radical (unpaired) electrons. The summed E-state index contributed by atoms with van der Waals surface area (Å²) in [4.78, 5) is 4.74. The fourth-order valence-electron chi connectivity index (χ4n) is 5.04. The first-order valence-electron chi connectivity index (χ1n) is 9.81. The molecule has 1 atom stereocenters. The summed E-state index contributed by atoms with van der Waals surface area (Å²) >= 11 is 0. The molecule has 0 saturated carbocycles. The van der Waals surface area contributed by atoms with Crippen molar-refractivity contribution < 1.29 is 0 Å². The first kappa shape index (κ1) is 17.9. The summed E-state index contributed by atoms with van der Waals surface area (Å²) in [5.41, 5.74) is 6.95. The number of hydrogen-bond acceptors (Lipinski definition) is 2. The van der Waals surface area contributed by atoms with E-state index in [0.717, 1.165) is 0 Å². The zero-order chi connectivity index (χ0) is 19.4. The minimum absolute atomic E-state index is 0.0236. The number of para-hydroxylation sites is 2. The second-order valence-electron chi connectivity index (χ2n) is 8.93. The molecule has 0 saturated heterocycles. The minimum atomic E-state index is 0.0236. The van der Waals surface area contributed by atoms with Crippen molar-refractivity contribution in [2.45, 2.75) is 44.6 Å². The van der Waals surface area contributed by atoms with Gasteiger partial charge in [-0.25, -0.2) is 0 Å². The standard InChI is InChI=1S/C25H30N2/c1-24(2)18-12-7-9-14-20(18)26(5)22(24)16-11-17-23-25(3,4)19-13-8-10-15-21(19)27(23)6/h7-17,22H,1-6H3. The molecule has 4 rings (SSSR count). The molecule has 2 heterocycles. The van der Waals surface area contributed by atoms with E-state index in [0.29, 0.717) is 6.04 Å². The van der Waals surface area contributed by atoms with Crippen LogP contribution in [0, 0.1) is 0 Å². The van der Waals surface area contributed by atoms with Crippen LogP contribution < -0.4 is 9.80 Å². The smallest absolute Gasteiger partial charge is 0.0565 e. The summed E-state index contributed by atoms with van der Waals surface area (Å²) < 4.78 is 0. The van der Waals surface area contributed by atoms with Crippen molar-refractivity contribution in [2.24, 2.45) is 0 Å². The Kier molecular flexibility index (Phi) is 3.99. The van der Waals surface area contributed by atoms with Gasteiger partial charge in [0.1, 0.15) is 0 Å². The molecule has 0 N–H and O–H groups in total. The van der Waals surface area contributed by atoms with Gasteiger partial charge >= 0.3 is 0 Å². The van der Waals surface area contributed by atoms with E-state index in [2.05, 4.69) is 118 Å². The van der Waals surface area contributed by atoms with Crippen LogP contribution >= 0.6 is 0 Å². The van der Waals surface area contributed by atoms with Gasteiger partial charge < -0.3 is 9.80 Å². The summed E-state index contributed by atoms with van der Waals surface area (Å²) in [7, 11) is 4.38. The van der Waals surface area contributed by atoms with Crippen LogP contribution in [0.25, 0.3) is 0 Å². The van der Waals surface area contributed by atoms with E-state index in [1.165, 1.54) is 28.2 Å². The predicted molar refractivity (Wildman–Crippen MR) is 117 cm³/mol. The van der Waals surface area contributed by atoms with E-state index >= 15 is 0 Å². The highest BCUT2D eigenvalue weighted by molar-refractivity contribution is 5.70. The van der Waals surface area contributed by atoms with Gasteiger partial charge in [0.05, 0.1) is 6.04 Å². The normalized spacial score (nSPS) is 23.9. The third-order valence-corrected chi connectivity index (χ3v) is 6.62. The first-order chi connectivity index (χ1) is 12.8. The molecule has 0 amide bonds. The summed E-state index contributed by atoms with van der Waals surface area (Å²) in [5.74, 6) is 0. The molecule has 2 aromatic carbocycles. The van der Waals surface area contributed by atoms with Crippen molar-refractivity contribution >= 4 is 11.4 Å². The van der Waals surface area contributed by atoms with Crippen molar-refractivity contribution in [3.63, 3.8) is 0 Å². The zero-order valence-electron chi connectivity index (χ0n) is 17.3. The maximum Gasteiger partial charge on any atom is 0.0565 e. The van der Waals surface area contributed by atoms with Gasteiger partial charge in [0.15, 0.2) is 0 Å². The lowest BCUT2D eigenvalue weighted by Crippen LogP contribution is -2.37. The van der Waals surface area contributed by atoms with Crippen molar-refractivity contribution in [3.05, 3.63) is 83.6 Å². The molecule has 0 aliphatic carbocycles. The Labute approximate surface area is 163 Å². The maximum atomic E-state index is 2.41. The van der Waals surface area contributed by atoms with Gasteiger partial charge in [-0.05, 0) is 29.3 Å². The number of fused-ring (bicyclic) bond motifs is 2. The Morgan fingerprint density at radius 3 is 2.04 bits per heavy atom. The minimum Gasteiger partial charge on any atom is -0.367 e. The van der Waals surface area contributed by atoms with Crippen LogP contribution in [0.15, 0.2) is 72.5 Å². The molecule has 2 aliphatic rings. The van der Waals surface area contributed by atoms with Gasteiger partial charge in [0, 0.05) is 42.0 Å². The molecule has 140 valence electrons. The van der Waals surface area contributed by atoms with Gasteiger partial charge in [-0.15, -0.1) is 0 Å². The third-order valence-electron chi connectivity index (χ3n) is 6.62. The number of rotatable bonds is 2. The quantitative estimate of drug-likeness (QED) is 0.684. The third kappa shape index (κ3) is 2.54. The average molecular weight is 359 g/mol. The molecular weight excluding hydrogens is 328 g/mol. The molecule has 0 fully saturated rings. The summed E-state index contributed by atoms with van der Waals surface area (Å²) in [5, 5.41) is 0. The molecule has 2 aliphatic heterocycles. The van der Waals surface area contributed by atoms with Gasteiger partial charge in [-0.1, -0.05) is 76.2 Å². The van der Waals surface area contributed by atoms with Crippen molar-refractivity contribution in [2.75, 3.05) is 23.9 Å². The molecular formula is C25H30N2.